The van der Waals surface area contributed by atoms with E-state index in [4.69, 9.17) is 13.7 Å². The number of nitrogens with zero attached hydrogens (tertiary/aromatic N) is 2. The molecule has 30 heavy (non-hydrogen) atoms. The lowest BCUT2D eigenvalue weighted by Crippen LogP contribution is -2.20. The van der Waals surface area contributed by atoms with Crippen molar-refractivity contribution in [3.05, 3.63) is 78.4 Å². The van der Waals surface area contributed by atoms with Crippen molar-refractivity contribution in [2.75, 3.05) is 17.2 Å². The summed E-state index contributed by atoms with van der Waals surface area (Å²) in [6.07, 6.45) is 1.92. The van der Waals surface area contributed by atoms with Crippen molar-refractivity contribution < 1.29 is 18.5 Å². The Kier molecular flexibility index (Phi) is 5.75. The van der Waals surface area contributed by atoms with Crippen LogP contribution in [0.15, 0.2) is 75.9 Å². The lowest BCUT2D eigenvalue weighted by molar-refractivity contribution is 0.262. The highest BCUT2D eigenvalue weighted by molar-refractivity contribution is 6.00. The molecule has 8 nitrogen and oxygen atoms in total. The van der Waals surface area contributed by atoms with E-state index in [1.165, 1.54) is 0 Å². The molecule has 2 aromatic heterocycles. The van der Waals surface area contributed by atoms with Crippen LogP contribution in [0.3, 0.4) is 0 Å². The molecule has 2 N–H and O–H groups in total. The van der Waals surface area contributed by atoms with E-state index in [1.807, 2.05) is 31.2 Å². The van der Waals surface area contributed by atoms with Gasteiger partial charge in [-0.3, -0.25) is 0 Å². The SMILES string of the molecule is CCOc1ccc(NC(=O)Nc2ccccc2Cc2nc(-c3ccco3)no2)cc1. The monoisotopic (exact) mass is 404 g/mol. The molecule has 0 atom stereocenters. The molecule has 8 heteroatoms. The molecular formula is C22H20N4O4. The molecule has 0 saturated carbocycles. The molecule has 0 fully saturated rings. The molecule has 4 aromatic rings. The second kappa shape index (κ2) is 8.95. The Morgan fingerprint density at radius 3 is 2.63 bits per heavy atom. The number of urea groups is 1. The fourth-order valence-electron chi connectivity index (χ4n) is 2.88. The van der Waals surface area contributed by atoms with Gasteiger partial charge in [-0.05, 0) is 55.0 Å². The Morgan fingerprint density at radius 1 is 1.03 bits per heavy atom. The smallest absolute Gasteiger partial charge is 0.323 e. The molecule has 0 saturated heterocycles. The fraction of sp³-hybridized carbons (Fsp3) is 0.136. The van der Waals surface area contributed by atoms with Gasteiger partial charge in [0.05, 0.1) is 19.3 Å². The van der Waals surface area contributed by atoms with E-state index in [2.05, 4.69) is 20.8 Å². The maximum atomic E-state index is 12.4. The van der Waals surface area contributed by atoms with Gasteiger partial charge in [0.2, 0.25) is 11.7 Å². The standard InChI is InChI=1S/C22H20N4O4/c1-2-28-17-11-9-16(10-12-17)23-22(27)24-18-7-4-3-6-15(18)14-20-25-21(26-30-20)19-8-5-13-29-19/h3-13H,2,14H2,1H3,(H2,23,24,27). The summed E-state index contributed by atoms with van der Waals surface area (Å²) in [4.78, 5) is 16.8. The summed E-state index contributed by atoms with van der Waals surface area (Å²) in [5.41, 5.74) is 2.15. The van der Waals surface area contributed by atoms with Crippen LogP contribution in [0.2, 0.25) is 0 Å². The normalized spacial score (nSPS) is 10.6. The van der Waals surface area contributed by atoms with Crippen LogP contribution in [-0.2, 0) is 6.42 Å². The van der Waals surface area contributed by atoms with Gasteiger partial charge in [-0.25, -0.2) is 4.79 Å². The van der Waals surface area contributed by atoms with Crippen molar-refractivity contribution in [2.45, 2.75) is 13.3 Å². The van der Waals surface area contributed by atoms with Crippen molar-refractivity contribution >= 4 is 17.4 Å². The van der Waals surface area contributed by atoms with Gasteiger partial charge in [0.15, 0.2) is 5.76 Å². The van der Waals surface area contributed by atoms with Crippen LogP contribution < -0.4 is 15.4 Å². The molecule has 2 heterocycles. The van der Waals surface area contributed by atoms with E-state index in [-0.39, 0.29) is 6.03 Å². The first kappa shape index (κ1) is 19.3. The zero-order chi connectivity index (χ0) is 20.8. The Labute approximate surface area is 172 Å². The molecule has 152 valence electrons. The summed E-state index contributed by atoms with van der Waals surface area (Å²) in [7, 11) is 0. The van der Waals surface area contributed by atoms with E-state index < -0.39 is 0 Å². The molecule has 4 rings (SSSR count). The Bertz CT molecular complexity index is 1100. The van der Waals surface area contributed by atoms with Crippen LogP contribution in [0, 0.1) is 0 Å². The summed E-state index contributed by atoms with van der Waals surface area (Å²) in [6.45, 7) is 2.51. The van der Waals surface area contributed by atoms with Crippen LogP contribution in [0.5, 0.6) is 5.75 Å². The van der Waals surface area contributed by atoms with Crippen LogP contribution >= 0.6 is 0 Å². The number of aromatic nitrogens is 2. The highest BCUT2D eigenvalue weighted by atomic mass is 16.5. The number of hydrogen-bond acceptors (Lipinski definition) is 6. The predicted octanol–water partition coefficient (Wildman–Crippen LogP) is 4.96. The Morgan fingerprint density at radius 2 is 1.87 bits per heavy atom. The van der Waals surface area contributed by atoms with Gasteiger partial charge in [0, 0.05) is 11.4 Å². The van der Waals surface area contributed by atoms with Gasteiger partial charge in [-0.2, -0.15) is 4.98 Å². The Hall–Kier alpha value is -4.07. The zero-order valence-electron chi connectivity index (χ0n) is 16.3. The topological polar surface area (TPSA) is 102 Å². The first-order valence-electron chi connectivity index (χ1n) is 9.46. The number of nitrogens with one attached hydrogen (secondary N) is 2. The molecule has 0 radical (unpaired) electrons. The lowest BCUT2D eigenvalue weighted by Gasteiger charge is -2.11. The van der Waals surface area contributed by atoms with Gasteiger partial charge in [0.25, 0.3) is 0 Å². The van der Waals surface area contributed by atoms with Gasteiger partial charge < -0.3 is 24.3 Å². The number of benzene rings is 2. The molecule has 2 amide bonds. The number of para-hydroxylation sites is 1. The maximum absolute atomic E-state index is 12.4. The summed E-state index contributed by atoms with van der Waals surface area (Å²) in [6, 6.07) is 17.8. The van der Waals surface area contributed by atoms with Crippen LogP contribution in [0.1, 0.15) is 18.4 Å². The highest BCUT2D eigenvalue weighted by Crippen LogP contribution is 2.22. The van der Waals surface area contributed by atoms with E-state index in [9.17, 15) is 4.79 Å². The average molecular weight is 404 g/mol. The number of rotatable bonds is 7. The van der Waals surface area contributed by atoms with Gasteiger partial charge in [0.1, 0.15) is 5.75 Å². The Balaban J connectivity index is 1.42. The highest BCUT2D eigenvalue weighted by Gasteiger charge is 2.14. The van der Waals surface area contributed by atoms with E-state index in [0.717, 1.165) is 11.3 Å². The minimum absolute atomic E-state index is 0.353. The number of furan rings is 1. The van der Waals surface area contributed by atoms with Crippen molar-refractivity contribution in [2.24, 2.45) is 0 Å². The number of anilines is 2. The molecule has 0 aliphatic carbocycles. The number of amides is 2. The average Bonchev–Trinajstić information content (AvgIpc) is 3.43. The third-order valence-electron chi connectivity index (χ3n) is 4.24. The summed E-state index contributed by atoms with van der Waals surface area (Å²) in [5.74, 6) is 2.09. The van der Waals surface area contributed by atoms with Crippen molar-refractivity contribution in [1.82, 2.24) is 10.1 Å². The maximum Gasteiger partial charge on any atom is 0.323 e. The molecule has 0 bridgehead atoms. The second-order valence-corrected chi connectivity index (χ2v) is 6.36. The molecule has 0 aliphatic rings. The quantitative estimate of drug-likeness (QED) is 0.451. The van der Waals surface area contributed by atoms with Gasteiger partial charge in [-0.1, -0.05) is 23.4 Å². The van der Waals surface area contributed by atoms with E-state index >= 15 is 0 Å². The fourth-order valence-corrected chi connectivity index (χ4v) is 2.88. The molecular weight excluding hydrogens is 384 g/mol. The zero-order valence-corrected chi connectivity index (χ0v) is 16.3. The number of carbonyl (C=O) groups is 1. The third-order valence-corrected chi connectivity index (χ3v) is 4.24. The van der Waals surface area contributed by atoms with E-state index in [1.54, 1.807) is 42.7 Å². The summed E-state index contributed by atoms with van der Waals surface area (Å²) < 4.78 is 16.0. The summed E-state index contributed by atoms with van der Waals surface area (Å²) in [5, 5.41) is 9.60. The van der Waals surface area contributed by atoms with Crippen LogP contribution in [0.25, 0.3) is 11.6 Å². The predicted molar refractivity (Wildman–Crippen MR) is 112 cm³/mol. The van der Waals surface area contributed by atoms with Crippen LogP contribution in [-0.4, -0.2) is 22.8 Å². The minimum atomic E-state index is -0.353. The first-order chi connectivity index (χ1) is 14.7. The van der Waals surface area contributed by atoms with Crippen molar-refractivity contribution in [3.8, 4) is 17.3 Å². The largest absolute Gasteiger partial charge is 0.494 e. The number of hydrogen-bond donors (Lipinski definition) is 2. The number of carbonyl (C=O) groups excluding carboxylic acids is 1. The molecule has 0 spiro atoms. The third kappa shape index (κ3) is 4.67. The summed E-state index contributed by atoms with van der Waals surface area (Å²) >= 11 is 0. The van der Waals surface area contributed by atoms with Gasteiger partial charge in [-0.15, -0.1) is 0 Å². The van der Waals surface area contributed by atoms with Crippen LogP contribution in [0.4, 0.5) is 16.2 Å². The van der Waals surface area contributed by atoms with Crippen molar-refractivity contribution in [3.63, 3.8) is 0 Å². The van der Waals surface area contributed by atoms with Gasteiger partial charge >= 0.3 is 6.03 Å². The molecule has 0 aliphatic heterocycles. The second-order valence-electron chi connectivity index (χ2n) is 6.36. The number of ether oxygens (including phenoxy) is 1. The molecule has 0 unspecified atom stereocenters. The van der Waals surface area contributed by atoms with Crippen molar-refractivity contribution in [1.29, 1.82) is 0 Å². The minimum Gasteiger partial charge on any atom is -0.494 e. The van der Waals surface area contributed by atoms with E-state index in [0.29, 0.717) is 41.9 Å². The molecule has 2 aromatic carbocycles. The lowest BCUT2D eigenvalue weighted by atomic mass is 10.1. The first-order valence-corrected chi connectivity index (χ1v) is 9.46.